The molecule has 0 aromatic heterocycles. The minimum absolute atomic E-state index is 0.0224. The summed E-state index contributed by atoms with van der Waals surface area (Å²) in [5, 5.41) is 23.9. The number of nitrogens with one attached hydrogen (secondary N) is 1. The molecule has 0 bridgehead atoms. The summed E-state index contributed by atoms with van der Waals surface area (Å²) in [4.78, 5) is 24.4. The number of nitrogens with zero attached hydrogens (tertiary/aromatic N) is 1. The minimum Gasteiger partial charge on any atom is -0.508 e. The number of rotatable bonds is 12. The molecule has 3 N–H and O–H groups in total. The molecule has 2 aliphatic rings. The molecule has 2 unspecified atom stereocenters. The summed E-state index contributed by atoms with van der Waals surface area (Å²) in [5.41, 5.74) is 1.16. The van der Waals surface area contributed by atoms with Gasteiger partial charge in [-0.25, -0.2) is 13.2 Å². The molecule has 2 fully saturated rings. The van der Waals surface area contributed by atoms with E-state index in [9.17, 15) is 28.2 Å². The lowest BCUT2D eigenvalue weighted by Crippen LogP contribution is -2.51. The Labute approximate surface area is 251 Å². The molecule has 5 atom stereocenters. The number of aryl methyl sites for hydroxylation is 1. The van der Waals surface area contributed by atoms with Crippen molar-refractivity contribution in [2.24, 2.45) is 11.8 Å². The van der Waals surface area contributed by atoms with E-state index in [-0.39, 0.29) is 54.3 Å². The third-order valence-corrected chi connectivity index (χ3v) is 9.23. The highest BCUT2D eigenvalue weighted by Gasteiger charge is 2.44. The second kappa shape index (κ2) is 14.0. The quantitative estimate of drug-likeness (QED) is 0.238. The van der Waals surface area contributed by atoms with Crippen LogP contribution in [0.3, 0.4) is 0 Å². The van der Waals surface area contributed by atoms with Crippen LogP contribution in [0, 0.1) is 18.8 Å². The van der Waals surface area contributed by atoms with Crippen molar-refractivity contribution in [3.8, 4) is 11.5 Å². The first kappa shape index (κ1) is 32.7. The highest BCUT2D eigenvalue weighted by atomic mass is 32.2. The van der Waals surface area contributed by atoms with Crippen LogP contribution in [-0.2, 0) is 35.4 Å². The van der Waals surface area contributed by atoms with Gasteiger partial charge in [0.05, 0.1) is 36.2 Å². The zero-order valence-electron chi connectivity index (χ0n) is 24.8. The Morgan fingerprint density at radius 3 is 2.49 bits per heavy atom. The normalized spacial score (nSPS) is 21.4. The largest absolute Gasteiger partial charge is 0.508 e. The Kier molecular flexibility index (Phi) is 10.7. The molecule has 4 rings (SSSR count). The van der Waals surface area contributed by atoms with Gasteiger partial charge in [0, 0.05) is 20.0 Å². The predicted octanol–water partition coefficient (Wildman–Crippen LogP) is 2.73. The number of carbonyl (C=O) groups excluding carboxylic acids is 2. The number of ether oxygens (including phenoxy) is 4. The van der Waals surface area contributed by atoms with Crippen molar-refractivity contribution in [1.29, 1.82) is 0 Å². The van der Waals surface area contributed by atoms with Crippen molar-refractivity contribution in [2.75, 3.05) is 26.3 Å². The maximum Gasteiger partial charge on any atom is 0.407 e. The lowest BCUT2D eigenvalue weighted by Gasteiger charge is -2.31. The number of aliphatic hydroxyl groups is 1. The standard InChI is InChI=1S/C30H40N2O10S/c1-18(2)15-32(43(37,38)23-9-10-27(19(3)13-23)41-20(4)33)16-26(35)25(14-21-5-7-22(34)8-6-21)31-30(36)42-28-17-40-29-24(28)11-12-39-29/h5-10,13,18,24-26,28-29,34-35H,11-12,14-17H2,1-4H3,(H,31,36)/t24?,25-,26+,28-,29?/m0/s1. The first-order chi connectivity index (χ1) is 20.3. The molecule has 2 aliphatic heterocycles. The SMILES string of the molecule is CC(=O)Oc1ccc(S(=O)(=O)N(CC(C)C)C[C@@H](O)[C@H](Cc2ccc(O)cc2)NC(=O)O[C@H]2COC3OCCC32)cc1C. The number of phenolic OH excluding ortho intramolecular Hbond substituents is 1. The van der Waals surface area contributed by atoms with Gasteiger partial charge >= 0.3 is 12.1 Å². The van der Waals surface area contributed by atoms with Gasteiger partial charge in [-0.1, -0.05) is 26.0 Å². The number of phenols is 1. The van der Waals surface area contributed by atoms with Crippen LogP contribution >= 0.6 is 0 Å². The monoisotopic (exact) mass is 620 g/mol. The summed E-state index contributed by atoms with van der Waals surface area (Å²) in [7, 11) is -4.10. The van der Waals surface area contributed by atoms with Gasteiger partial charge in [-0.05, 0) is 67.1 Å². The number of aromatic hydroxyl groups is 1. The Morgan fingerprint density at radius 1 is 1.12 bits per heavy atom. The minimum atomic E-state index is -4.10. The van der Waals surface area contributed by atoms with Crippen LogP contribution < -0.4 is 10.1 Å². The topological polar surface area (TPSA) is 161 Å². The Bertz CT molecular complexity index is 1380. The molecule has 0 spiro atoms. The second-order valence-electron chi connectivity index (χ2n) is 11.4. The molecule has 0 aliphatic carbocycles. The molecule has 1 amide bonds. The van der Waals surface area contributed by atoms with Crippen LogP contribution in [0.5, 0.6) is 11.5 Å². The van der Waals surface area contributed by atoms with E-state index in [1.807, 2.05) is 13.8 Å². The number of hydrogen-bond acceptors (Lipinski definition) is 10. The summed E-state index contributed by atoms with van der Waals surface area (Å²) in [6.07, 6.45) is -2.17. The van der Waals surface area contributed by atoms with Crippen molar-refractivity contribution in [2.45, 2.75) is 70.0 Å². The van der Waals surface area contributed by atoms with Gasteiger partial charge in [0.2, 0.25) is 10.0 Å². The Morgan fingerprint density at radius 2 is 1.84 bits per heavy atom. The first-order valence-corrected chi connectivity index (χ1v) is 15.7. The van der Waals surface area contributed by atoms with Crippen molar-refractivity contribution < 1.29 is 47.2 Å². The maximum absolute atomic E-state index is 13.8. The number of carbonyl (C=O) groups is 2. The Balaban J connectivity index is 1.54. The van der Waals surface area contributed by atoms with E-state index < -0.39 is 46.6 Å². The van der Waals surface area contributed by atoms with E-state index in [4.69, 9.17) is 18.9 Å². The van der Waals surface area contributed by atoms with Crippen LogP contribution in [0.2, 0.25) is 0 Å². The van der Waals surface area contributed by atoms with Crippen LogP contribution in [0.15, 0.2) is 47.4 Å². The number of amides is 1. The van der Waals surface area contributed by atoms with Gasteiger partial charge in [-0.15, -0.1) is 0 Å². The fourth-order valence-electron chi connectivity index (χ4n) is 5.25. The third-order valence-electron chi connectivity index (χ3n) is 7.40. The summed E-state index contributed by atoms with van der Waals surface area (Å²) < 4.78 is 50.6. The number of aliphatic hydroxyl groups excluding tert-OH is 1. The average molecular weight is 621 g/mol. The van der Waals surface area contributed by atoms with Crippen LogP contribution in [0.25, 0.3) is 0 Å². The number of fused-ring (bicyclic) bond motifs is 1. The van der Waals surface area contributed by atoms with E-state index in [0.717, 1.165) is 0 Å². The Hall–Kier alpha value is -3.23. The fourth-order valence-corrected chi connectivity index (χ4v) is 6.96. The van der Waals surface area contributed by atoms with Gasteiger partial charge in [0.1, 0.15) is 17.6 Å². The molecule has 2 aromatic carbocycles. The number of sulfonamides is 1. The highest BCUT2D eigenvalue weighted by molar-refractivity contribution is 7.89. The number of benzene rings is 2. The molecule has 2 aromatic rings. The molecule has 43 heavy (non-hydrogen) atoms. The molecule has 13 heteroatoms. The van der Waals surface area contributed by atoms with E-state index in [1.165, 1.54) is 41.6 Å². The summed E-state index contributed by atoms with van der Waals surface area (Å²) in [6, 6.07) is 9.55. The van der Waals surface area contributed by atoms with Gasteiger partial charge in [0.25, 0.3) is 0 Å². The van der Waals surface area contributed by atoms with Crippen molar-refractivity contribution in [3.05, 3.63) is 53.6 Å². The molecular formula is C30H40N2O10S. The van der Waals surface area contributed by atoms with Gasteiger partial charge in [-0.3, -0.25) is 4.79 Å². The number of esters is 1. The third kappa shape index (κ3) is 8.45. The molecule has 0 radical (unpaired) electrons. The van der Waals surface area contributed by atoms with Gasteiger partial charge < -0.3 is 34.5 Å². The van der Waals surface area contributed by atoms with Gasteiger partial charge in [0.15, 0.2) is 6.29 Å². The zero-order valence-corrected chi connectivity index (χ0v) is 25.6. The molecule has 2 heterocycles. The van der Waals surface area contributed by atoms with Crippen molar-refractivity contribution in [1.82, 2.24) is 9.62 Å². The van der Waals surface area contributed by atoms with E-state index in [0.29, 0.717) is 24.2 Å². The summed E-state index contributed by atoms with van der Waals surface area (Å²) in [6.45, 7) is 7.11. The average Bonchev–Trinajstić information content (AvgIpc) is 3.55. The van der Waals surface area contributed by atoms with Gasteiger partial charge in [-0.2, -0.15) is 4.31 Å². The fraction of sp³-hybridized carbons (Fsp3) is 0.533. The smallest absolute Gasteiger partial charge is 0.407 e. The van der Waals surface area contributed by atoms with Crippen LogP contribution in [0.1, 0.15) is 38.3 Å². The van der Waals surface area contributed by atoms with Crippen molar-refractivity contribution in [3.63, 3.8) is 0 Å². The van der Waals surface area contributed by atoms with Crippen LogP contribution in [-0.4, -0.2) is 85.8 Å². The number of alkyl carbamates (subject to hydrolysis) is 1. The number of hydrogen-bond donors (Lipinski definition) is 3. The summed E-state index contributed by atoms with van der Waals surface area (Å²) in [5.74, 6) is -0.367. The lowest BCUT2D eigenvalue weighted by molar-refractivity contribution is -0.131. The molecule has 12 nitrogen and oxygen atoms in total. The molecular weight excluding hydrogens is 580 g/mol. The zero-order chi connectivity index (χ0) is 31.3. The maximum atomic E-state index is 13.8. The summed E-state index contributed by atoms with van der Waals surface area (Å²) >= 11 is 0. The van der Waals surface area contributed by atoms with Crippen LogP contribution in [0.4, 0.5) is 4.79 Å². The van der Waals surface area contributed by atoms with E-state index >= 15 is 0 Å². The van der Waals surface area contributed by atoms with E-state index in [2.05, 4.69) is 5.32 Å². The lowest BCUT2D eigenvalue weighted by atomic mass is 10.0. The molecule has 2 saturated heterocycles. The van der Waals surface area contributed by atoms with E-state index in [1.54, 1.807) is 19.1 Å². The second-order valence-corrected chi connectivity index (χ2v) is 13.3. The molecule has 236 valence electrons. The predicted molar refractivity (Wildman–Crippen MR) is 155 cm³/mol. The van der Waals surface area contributed by atoms with Crippen molar-refractivity contribution >= 4 is 22.1 Å². The highest BCUT2D eigenvalue weighted by Crippen LogP contribution is 2.33. The molecule has 0 saturated carbocycles. The first-order valence-electron chi connectivity index (χ1n) is 14.3.